The number of nitrogens with zero attached hydrogens (tertiary/aromatic N) is 3. The topological polar surface area (TPSA) is 68.0 Å². The maximum Gasteiger partial charge on any atom is 0.303 e. The van der Waals surface area contributed by atoms with Crippen LogP contribution in [0, 0.1) is 6.92 Å². The predicted octanol–water partition coefficient (Wildman–Crippen LogP) is 3.65. The van der Waals surface area contributed by atoms with E-state index in [0.717, 1.165) is 22.6 Å². The number of hydrogen-bond acceptors (Lipinski definition) is 3. The van der Waals surface area contributed by atoms with Gasteiger partial charge in [0.2, 0.25) is 0 Å². The van der Waals surface area contributed by atoms with E-state index < -0.39 is 5.97 Å². The van der Waals surface area contributed by atoms with Gasteiger partial charge in [-0.2, -0.15) is 0 Å². The van der Waals surface area contributed by atoms with Gasteiger partial charge in [0.15, 0.2) is 5.65 Å². The van der Waals surface area contributed by atoms with Crippen molar-refractivity contribution in [1.82, 2.24) is 14.5 Å². The van der Waals surface area contributed by atoms with Gasteiger partial charge < -0.3 is 9.67 Å². The highest BCUT2D eigenvalue weighted by molar-refractivity contribution is 5.72. The zero-order chi connectivity index (χ0) is 15.5. The Morgan fingerprint density at radius 2 is 2.14 bits per heavy atom. The highest BCUT2D eigenvalue weighted by Gasteiger charge is 2.23. The Kier molecular flexibility index (Phi) is 4.41. The van der Waals surface area contributed by atoms with Crippen molar-refractivity contribution in [1.29, 1.82) is 0 Å². The molecule has 0 saturated heterocycles. The number of hydrogen-bond donors (Lipinski definition) is 1. The number of carbonyl (C=O) groups is 1. The molecule has 1 saturated carbocycles. The first-order valence-electron chi connectivity index (χ1n) is 8.19. The van der Waals surface area contributed by atoms with Gasteiger partial charge in [-0.25, -0.2) is 9.97 Å². The maximum atomic E-state index is 10.8. The molecule has 5 heteroatoms. The normalized spacial score (nSPS) is 16.2. The van der Waals surface area contributed by atoms with E-state index in [1.54, 1.807) is 0 Å². The lowest BCUT2D eigenvalue weighted by Crippen LogP contribution is -2.13. The summed E-state index contributed by atoms with van der Waals surface area (Å²) in [6.45, 7) is 2.71. The number of carboxylic acids is 1. The van der Waals surface area contributed by atoms with Crippen molar-refractivity contribution >= 4 is 17.1 Å². The molecule has 0 radical (unpaired) electrons. The van der Waals surface area contributed by atoms with E-state index in [2.05, 4.69) is 15.6 Å². The van der Waals surface area contributed by atoms with E-state index in [4.69, 9.17) is 10.1 Å². The molecule has 22 heavy (non-hydrogen) atoms. The molecule has 5 nitrogen and oxygen atoms in total. The summed E-state index contributed by atoms with van der Waals surface area (Å²) in [7, 11) is 0. The Labute approximate surface area is 130 Å². The van der Waals surface area contributed by atoms with E-state index in [-0.39, 0.29) is 6.42 Å². The van der Waals surface area contributed by atoms with Gasteiger partial charge in [0, 0.05) is 25.1 Å². The average Bonchev–Trinajstić information content (AvgIpc) is 2.86. The first-order valence-corrected chi connectivity index (χ1v) is 8.19. The van der Waals surface area contributed by atoms with Crippen LogP contribution in [0.3, 0.4) is 0 Å². The quantitative estimate of drug-likeness (QED) is 0.915. The maximum absolute atomic E-state index is 10.8. The molecule has 1 aliphatic carbocycles. The van der Waals surface area contributed by atoms with Gasteiger partial charge in [0.25, 0.3) is 0 Å². The highest BCUT2D eigenvalue weighted by atomic mass is 16.4. The fraction of sp³-hybridized carbons (Fsp3) is 0.588. The molecule has 2 aromatic heterocycles. The van der Waals surface area contributed by atoms with Gasteiger partial charge in [0.1, 0.15) is 11.3 Å². The van der Waals surface area contributed by atoms with Crippen LogP contribution in [0.2, 0.25) is 0 Å². The lowest BCUT2D eigenvalue weighted by Gasteiger charge is -2.22. The number of aryl methyl sites for hydroxylation is 2. The van der Waals surface area contributed by atoms with E-state index >= 15 is 0 Å². The molecule has 1 aliphatic rings. The molecule has 0 aliphatic heterocycles. The Hall–Kier alpha value is -1.91. The molecule has 1 N–H and O–H groups in total. The van der Waals surface area contributed by atoms with Crippen LogP contribution in [0.4, 0.5) is 0 Å². The van der Waals surface area contributed by atoms with Crippen LogP contribution >= 0.6 is 0 Å². The van der Waals surface area contributed by atoms with Crippen LogP contribution in [-0.4, -0.2) is 25.6 Å². The van der Waals surface area contributed by atoms with Crippen LogP contribution in [0.15, 0.2) is 12.3 Å². The van der Waals surface area contributed by atoms with Crippen LogP contribution in [-0.2, 0) is 11.3 Å². The van der Waals surface area contributed by atoms with Crippen LogP contribution in [0.5, 0.6) is 0 Å². The molecule has 0 unspecified atom stereocenters. The number of fused-ring (bicyclic) bond motifs is 1. The molecule has 2 heterocycles. The molecule has 0 spiro atoms. The van der Waals surface area contributed by atoms with E-state index in [1.165, 1.54) is 32.1 Å². The Bertz CT molecular complexity index is 672. The Morgan fingerprint density at radius 1 is 1.36 bits per heavy atom. The third-order valence-corrected chi connectivity index (χ3v) is 4.49. The number of rotatable bonds is 5. The van der Waals surface area contributed by atoms with Gasteiger partial charge in [0.05, 0.1) is 0 Å². The number of imidazole rings is 1. The largest absolute Gasteiger partial charge is 0.481 e. The van der Waals surface area contributed by atoms with Gasteiger partial charge in [-0.05, 0) is 37.8 Å². The summed E-state index contributed by atoms with van der Waals surface area (Å²) in [4.78, 5) is 20.2. The second kappa shape index (κ2) is 6.46. The third kappa shape index (κ3) is 3.13. The van der Waals surface area contributed by atoms with Crippen LogP contribution in [0.25, 0.3) is 11.2 Å². The van der Waals surface area contributed by atoms with Crippen molar-refractivity contribution in [2.75, 3.05) is 0 Å². The number of aliphatic carboxylic acids is 1. The minimum absolute atomic E-state index is 0.190. The third-order valence-electron chi connectivity index (χ3n) is 4.49. The van der Waals surface area contributed by atoms with Gasteiger partial charge >= 0.3 is 5.97 Å². The van der Waals surface area contributed by atoms with Gasteiger partial charge in [-0.3, -0.25) is 4.79 Å². The fourth-order valence-electron chi connectivity index (χ4n) is 3.41. The lowest BCUT2D eigenvalue weighted by atomic mass is 9.88. The second-order valence-corrected chi connectivity index (χ2v) is 6.31. The van der Waals surface area contributed by atoms with Crippen molar-refractivity contribution in [3.8, 4) is 0 Å². The molecule has 118 valence electrons. The SMILES string of the molecule is Cc1cnc2c(c1)nc(C1CCCCC1)n2CCCC(=O)O. The fourth-order valence-corrected chi connectivity index (χ4v) is 3.41. The molecular formula is C17H23N3O2. The van der Waals surface area contributed by atoms with Crippen molar-refractivity contribution in [3.63, 3.8) is 0 Å². The second-order valence-electron chi connectivity index (χ2n) is 6.31. The zero-order valence-electron chi connectivity index (χ0n) is 13.1. The summed E-state index contributed by atoms with van der Waals surface area (Å²) in [5, 5.41) is 8.87. The summed E-state index contributed by atoms with van der Waals surface area (Å²) in [6.07, 6.45) is 8.87. The van der Waals surface area contributed by atoms with Crippen molar-refractivity contribution in [2.45, 2.75) is 64.3 Å². The Balaban J connectivity index is 1.94. The van der Waals surface area contributed by atoms with E-state index in [9.17, 15) is 4.79 Å². The average molecular weight is 301 g/mol. The molecule has 3 rings (SSSR count). The van der Waals surface area contributed by atoms with E-state index in [1.807, 2.05) is 13.1 Å². The summed E-state index contributed by atoms with van der Waals surface area (Å²) in [5.41, 5.74) is 2.95. The molecule has 1 fully saturated rings. The first kappa shape index (κ1) is 15.0. The number of aromatic nitrogens is 3. The number of carboxylic acid groups (broad SMARTS) is 1. The summed E-state index contributed by atoms with van der Waals surface area (Å²) < 4.78 is 2.16. The van der Waals surface area contributed by atoms with Crippen molar-refractivity contribution < 1.29 is 9.90 Å². The molecular weight excluding hydrogens is 278 g/mol. The van der Waals surface area contributed by atoms with Gasteiger partial charge in [-0.1, -0.05) is 19.3 Å². The number of pyridine rings is 1. The highest BCUT2D eigenvalue weighted by Crippen LogP contribution is 2.33. The molecule has 2 aromatic rings. The summed E-state index contributed by atoms with van der Waals surface area (Å²) in [5.74, 6) is 0.860. The Morgan fingerprint density at radius 3 is 2.86 bits per heavy atom. The van der Waals surface area contributed by atoms with Crippen LogP contribution in [0.1, 0.15) is 62.3 Å². The van der Waals surface area contributed by atoms with E-state index in [0.29, 0.717) is 18.9 Å². The molecule has 0 aromatic carbocycles. The minimum Gasteiger partial charge on any atom is -0.481 e. The molecule has 0 bridgehead atoms. The standard InChI is InChI=1S/C17H23N3O2/c1-12-10-14-17(18-11-12)20(9-5-8-15(21)22)16(19-14)13-6-3-2-4-7-13/h10-11,13H,2-9H2,1H3,(H,21,22). The lowest BCUT2D eigenvalue weighted by molar-refractivity contribution is -0.137. The molecule has 0 amide bonds. The van der Waals surface area contributed by atoms with Crippen molar-refractivity contribution in [3.05, 3.63) is 23.7 Å². The smallest absolute Gasteiger partial charge is 0.303 e. The zero-order valence-corrected chi connectivity index (χ0v) is 13.1. The van der Waals surface area contributed by atoms with Crippen LogP contribution < -0.4 is 0 Å². The van der Waals surface area contributed by atoms with Crippen molar-refractivity contribution in [2.24, 2.45) is 0 Å². The minimum atomic E-state index is -0.743. The predicted molar refractivity (Wildman–Crippen MR) is 85.0 cm³/mol. The molecule has 0 atom stereocenters. The summed E-state index contributed by atoms with van der Waals surface area (Å²) in [6, 6.07) is 2.07. The summed E-state index contributed by atoms with van der Waals surface area (Å²) >= 11 is 0. The van der Waals surface area contributed by atoms with Gasteiger partial charge in [-0.15, -0.1) is 0 Å². The first-order chi connectivity index (χ1) is 10.6. The monoisotopic (exact) mass is 301 g/mol.